The van der Waals surface area contributed by atoms with Crippen molar-refractivity contribution in [3.8, 4) is 5.75 Å². The van der Waals surface area contributed by atoms with Gasteiger partial charge in [-0.3, -0.25) is 4.90 Å². The first-order chi connectivity index (χ1) is 11.9. The maximum absolute atomic E-state index is 6.22. The quantitative estimate of drug-likeness (QED) is 0.693. The molecule has 0 bridgehead atoms. The van der Waals surface area contributed by atoms with Crippen LogP contribution in [0.25, 0.3) is 10.8 Å². The highest BCUT2D eigenvalue weighted by atomic mass is 16.5. The molecule has 0 saturated carbocycles. The fraction of sp³-hybridized carbons (Fsp3) is 0.273. The number of hydrogen-bond donors (Lipinski definition) is 0. The molecule has 2 aliphatic heterocycles. The summed E-state index contributed by atoms with van der Waals surface area (Å²) in [5, 5.41) is 2.53. The maximum atomic E-state index is 6.22. The van der Waals surface area contributed by atoms with Gasteiger partial charge in [-0.25, -0.2) is 0 Å². The van der Waals surface area contributed by atoms with Crippen molar-refractivity contribution in [2.24, 2.45) is 5.92 Å². The van der Waals surface area contributed by atoms with Crippen LogP contribution in [-0.2, 0) is 6.54 Å². The van der Waals surface area contributed by atoms with Crippen molar-refractivity contribution in [2.75, 3.05) is 19.7 Å². The Bertz CT molecular complexity index is 874. The van der Waals surface area contributed by atoms with E-state index in [4.69, 9.17) is 4.74 Å². The van der Waals surface area contributed by atoms with Crippen LogP contribution in [-0.4, -0.2) is 24.6 Å². The zero-order valence-electron chi connectivity index (χ0n) is 13.7. The molecular formula is C22H21NO. The van der Waals surface area contributed by atoms with Gasteiger partial charge in [0, 0.05) is 36.9 Å². The molecule has 2 atom stereocenters. The lowest BCUT2D eigenvalue weighted by Gasteiger charge is -2.28. The Morgan fingerprint density at radius 2 is 1.71 bits per heavy atom. The maximum Gasteiger partial charge on any atom is 0.130 e. The molecule has 1 saturated heterocycles. The van der Waals surface area contributed by atoms with Crippen LogP contribution in [0.3, 0.4) is 0 Å². The van der Waals surface area contributed by atoms with E-state index in [1.54, 1.807) is 0 Å². The summed E-state index contributed by atoms with van der Waals surface area (Å²) < 4.78 is 6.22. The highest BCUT2D eigenvalue weighted by Gasteiger charge is 2.39. The summed E-state index contributed by atoms with van der Waals surface area (Å²) in [7, 11) is 0. The number of fused-ring (bicyclic) bond motifs is 5. The molecule has 24 heavy (non-hydrogen) atoms. The third-order valence-electron chi connectivity index (χ3n) is 5.52. The summed E-state index contributed by atoms with van der Waals surface area (Å²) in [5.74, 6) is 2.33. The number of hydrogen-bond acceptors (Lipinski definition) is 2. The van der Waals surface area contributed by atoms with E-state index in [0.29, 0.717) is 11.8 Å². The van der Waals surface area contributed by atoms with E-state index in [2.05, 4.69) is 71.6 Å². The van der Waals surface area contributed by atoms with E-state index in [9.17, 15) is 0 Å². The molecule has 2 nitrogen and oxygen atoms in total. The lowest BCUT2D eigenvalue weighted by atomic mass is 9.85. The third-order valence-corrected chi connectivity index (χ3v) is 5.52. The largest absolute Gasteiger partial charge is 0.492 e. The van der Waals surface area contributed by atoms with E-state index < -0.39 is 0 Å². The van der Waals surface area contributed by atoms with Gasteiger partial charge in [-0.05, 0) is 16.5 Å². The van der Waals surface area contributed by atoms with Crippen molar-refractivity contribution in [2.45, 2.75) is 12.5 Å². The van der Waals surface area contributed by atoms with Crippen molar-refractivity contribution in [1.29, 1.82) is 0 Å². The summed E-state index contributed by atoms with van der Waals surface area (Å²) in [6.45, 7) is 4.15. The first-order valence-corrected chi connectivity index (χ1v) is 8.79. The summed E-state index contributed by atoms with van der Waals surface area (Å²) >= 11 is 0. The van der Waals surface area contributed by atoms with Crippen molar-refractivity contribution < 1.29 is 4.74 Å². The third kappa shape index (κ3) is 2.30. The second-order valence-electron chi connectivity index (χ2n) is 7.06. The number of rotatable bonds is 2. The van der Waals surface area contributed by atoms with Crippen LogP contribution in [0.15, 0.2) is 66.7 Å². The van der Waals surface area contributed by atoms with E-state index >= 15 is 0 Å². The normalized spacial score (nSPS) is 22.8. The predicted molar refractivity (Wildman–Crippen MR) is 97.4 cm³/mol. The van der Waals surface area contributed by atoms with Crippen molar-refractivity contribution in [3.63, 3.8) is 0 Å². The van der Waals surface area contributed by atoms with Gasteiger partial charge in [0.05, 0.1) is 6.61 Å². The number of ether oxygens (including phenoxy) is 1. The Balaban J connectivity index is 1.45. The van der Waals surface area contributed by atoms with Gasteiger partial charge in [-0.2, -0.15) is 0 Å². The van der Waals surface area contributed by atoms with E-state index in [1.807, 2.05) is 0 Å². The zero-order chi connectivity index (χ0) is 15.9. The predicted octanol–water partition coefficient (Wildman–Crippen LogP) is 4.45. The average Bonchev–Trinajstić information content (AvgIpc) is 3.05. The fourth-order valence-electron chi connectivity index (χ4n) is 4.36. The molecule has 0 aromatic heterocycles. The van der Waals surface area contributed by atoms with Crippen LogP contribution >= 0.6 is 0 Å². The molecule has 0 N–H and O–H groups in total. The summed E-state index contributed by atoms with van der Waals surface area (Å²) in [6, 6.07) is 23.9. The van der Waals surface area contributed by atoms with Gasteiger partial charge in [-0.15, -0.1) is 0 Å². The lowest BCUT2D eigenvalue weighted by Crippen LogP contribution is -2.25. The van der Waals surface area contributed by atoms with Crippen molar-refractivity contribution in [3.05, 3.63) is 77.9 Å². The Hall–Kier alpha value is -2.32. The molecule has 0 unspecified atom stereocenters. The second kappa shape index (κ2) is 5.64. The fourth-order valence-corrected chi connectivity index (χ4v) is 4.36. The van der Waals surface area contributed by atoms with Crippen LogP contribution in [0.4, 0.5) is 0 Å². The molecule has 0 aliphatic carbocycles. The molecule has 3 aromatic carbocycles. The lowest BCUT2D eigenvalue weighted by molar-refractivity contribution is 0.214. The van der Waals surface area contributed by atoms with Crippen LogP contribution in [0, 0.1) is 5.92 Å². The molecular weight excluding hydrogens is 294 g/mol. The van der Waals surface area contributed by atoms with Gasteiger partial charge in [0.15, 0.2) is 0 Å². The van der Waals surface area contributed by atoms with Crippen LogP contribution < -0.4 is 4.74 Å². The smallest absolute Gasteiger partial charge is 0.130 e. The molecule has 5 rings (SSSR count). The molecule has 120 valence electrons. The average molecular weight is 315 g/mol. The summed E-state index contributed by atoms with van der Waals surface area (Å²) in [5.41, 5.74) is 2.80. The molecule has 1 fully saturated rings. The Kier molecular flexibility index (Phi) is 3.30. The van der Waals surface area contributed by atoms with Crippen molar-refractivity contribution >= 4 is 10.8 Å². The number of likely N-dealkylation sites (tertiary alicyclic amines) is 1. The molecule has 2 aliphatic rings. The minimum Gasteiger partial charge on any atom is -0.492 e. The SMILES string of the molecule is c1ccc(CN2C[C@@H]3COc4c(ccc5ccccc45)[C@@H]3C2)cc1. The summed E-state index contributed by atoms with van der Waals surface area (Å²) in [4.78, 5) is 2.58. The number of nitrogens with zero attached hydrogens (tertiary/aromatic N) is 1. The molecule has 2 heteroatoms. The Labute approximate surface area is 142 Å². The van der Waals surface area contributed by atoms with Crippen LogP contribution in [0.1, 0.15) is 17.0 Å². The Morgan fingerprint density at radius 3 is 2.62 bits per heavy atom. The minimum atomic E-state index is 0.599. The monoisotopic (exact) mass is 315 g/mol. The van der Waals surface area contributed by atoms with Gasteiger partial charge < -0.3 is 4.74 Å². The van der Waals surface area contributed by atoms with E-state index in [0.717, 1.165) is 32.0 Å². The molecule has 0 radical (unpaired) electrons. The molecule has 0 spiro atoms. The molecule has 2 heterocycles. The topological polar surface area (TPSA) is 12.5 Å². The number of benzene rings is 3. The first-order valence-electron chi connectivity index (χ1n) is 8.79. The second-order valence-corrected chi connectivity index (χ2v) is 7.06. The molecule has 3 aromatic rings. The standard InChI is InChI=1S/C22H21NO/c1-2-6-16(7-3-1)12-23-13-18-15-24-22-19-9-5-4-8-17(19)10-11-20(22)21(18)14-23/h1-11,18,21H,12-15H2/t18-,21-/m1/s1. The highest BCUT2D eigenvalue weighted by Crippen LogP contribution is 2.45. The highest BCUT2D eigenvalue weighted by molar-refractivity contribution is 5.90. The van der Waals surface area contributed by atoms with E-state index in [1.165, 1.54) is 21.9 Å². The Morgan fingerprint density at radius 1 is 0.875 bits per heavy atom. The first kappa shape index (κ1) is 14.1. The van der Waals surface area contributed by atoms with Gasteiger partial charge in [0.2, 0.25) is 0 Å². The van der Waals surface area contributed by atoms with Crippen LogP contribution in [0.2, 0.25) is 0 Å². The molecule has 0 amide bonds. The minimum absolute atomic E-state index is 0.599. The van der Waals surface area contributed by atoms with Gasteiger partial charge in [0.1, 0.15) is 5.75 Å². The van der Waals surface area contributed by atoms with Gasteiger partial charge in [0.25, 0.3) is 0 Å². The summed E-state index contributed by atoms with van der Waals surface area (Å²) in [6.07, 6.45) is 0. The van der Waals surface area contributed by atoms with E-state index in [-0.39, 0.29) is 0 Å². The van der Waals surface area contributed by atoms with Crippen molar-refractivity contribution in [1.82, 2.24) is 4.90 Å². The van der Waals surface area contributed by atoms with Crippen LogP contribution in [0.5, 0.6) is 5.75 Å². The van der Waals surface area contributed by atoms with Gasteiger partial charge >= 0.3 is 0 Å². The van der Waals surface area contributed by atoms with Gasteiger partial charge in [-0.1, -0.05) is 66.7 Å². The zero-order valence-corrected chi connectivity index (χ0v) is 13.7.